The Morgan fingerprint density at radius 3 is 2.62 bits per heavy atom. The zero-order valence-corrected chi connectivity index (χ0v) is 22.3. The van der Waals surface area contributed by atoms with Gasteiger partial charge in [0.1, 0.15) is 12.3 Å². The summed E-state index contributed by atoms with van der Waals surface area (Å²) in [5.41, 5.74) is 5.05. The summed E-state index contributed by atoms with van der Waals surface area (Å²) >= 11 is 7.10. The van der Waals surface area contributed by atoms with Gasteiger partial charge < -0.3 is 10.1 Å². The molecule has 10 nitrogen and oxygen atoms in total. The van der Waals surface area contributed by atoms with Crippen LogP contribution in [-0.2, 0) is 6.54 Å². The molecule has 1 amide bonds. The van der Waals surface area contributed by atoms with Crippen molar-refractivity contribution < 1.29 is 9.53 Å². The van der Waals surface area contributed by atoms with E-state index in [4.69, 9.17) is 16.3 Å². The van der Waals surface area contributed by atoms with Gasteiger partial charge in [-0.2, -0.15) is 0 Å². The van der Waals surface area contributed by atoms with E-state index < -0.39 is 0 Å². The van der Waals surface area contributed by atoms with Crippen molar-refractivity contribution in [2.45, 2.75) is 26.4 Å². The monoisotopic (exact) mass is 541 g/mol. The third kappa shape index (κ3) is 6.83. The number of nitrogens with one attached hydrogen (secondary N) is 2. The number of thiophene rings is 1. The average Bonchev–Trinajstić information content (AvgIpc) is 3.55. The van der Waals surface area contributed by atoms with Crippen molar-refractivity contribution in [1.82, 2.24) is 35.3 Å². The molecule has 0 radical (unpaired) electrons. The number of aromatic nitrogens is 4. The minimum Gasteiger partial charge on any atom is -0.486 e. The Labute approximate surface area is 223 Å². The molecule has 4 aromatic rings. The number of carbonyl (C=O) groups excluding carboxylic acids is 1. The van der Waals surface area contributed by atoms with Gasteiger partial charge in [-0.25, -0.2) is 9.69 Å². The summed E-state index contributed by atoms with van der Waals surface area (Å²) in [6.07, 6.45) is 3.44. The maximum absolute atomic E-state index is 12.9. The van der Waals surface area contributed by atoms with Crippen LogP contribution < -0.4 is 21.0 Å². The van der Waals surface area contributed by atoms with Crippen molar-refractivity contribution in [2.24, 2.45) is 0 Å². The molecular formula is C25H28ClN7O3S. The first-order valence-corrected chi connectivity index (χ1v) is 12.9. The van der Waals surface area contributed by atoms with Gasteiger partial charge in [0.05, 0.1) is 27.6 Å². The molecule has 0 aliphatic rings. The number of ether oxygens (including phenoxy) is 1. The molecule has 0 saturated carbocycles. The lowest BCUT2D eigenvalue weighted by molar-refractivity contribution is 0.0954. The minimum atomic E-state index is -0.238. The van der Waals surface area contributed by atoms with Crippen LogP contribution in [0.1, 0.15) is 29.2 Å². The van der Waals surface area contributed by atoms with Gasteiger partial charge in [0.15, 0.2) is 5.75 Å². The van der Waals surface area contributed by atoms with E-state index in [1.165, 1.54) is 15.9 Å². The first-order valence-electron chi connectivity index (χ1n) is 11.7. The van der Waals surface area contributed by atoms with E-state index >= 15 is 0 Å². The predicted molar refractivity (Wildman–Crippen MR) is 144 cm³/mol. The zero-order valence-electron chi connectivity index (χ0n) is 20.7. The van der Waals surface area contributed by atoms with Crippen LogP contribution in [-0.4, -0.2) is 56.7 Å². The van der Waals surface area contributed by atoms with E-state index in [2.05, 4.69) is 34.9 Å². The quantitative estimate of drug-likeness (QED) is 0.222. The van der Waals surface area contributed by atoms with Crippen molar-refractivity contribution in [3.63, 3.8) is 0 Å². The number of carbonyl (C=O) groups is 1. The fourth-order valence-electron chi connectivity index (χ4n) is 3.32. The maximum atomic E-state index is 12.9. The van der Waals surface area contributed by atoms with Gasteiger partial charge in [0, 0.05) is 31.5 Å². The summed E-state index contributed by atoms with van der Waals surface area (Å²) in [5.74, 6) is 0.0694. The summed E-state index contributed by atoms with van der Waals surface area (Å²) in [4.78, 5) is 25.7. The summed E-state index contributed by atoms with van der Waals surface area (Å²) in [6.45, 7) is 5.36. The molecule has 0 saturated heterocycles. The zero-order chi connectivity index (χ0) is 26.4. The number of nitrogens with zero attached hydrogens (tertiary/aromatic N) is 5. The number of halogens is 1. The topological polar surface area (TPSA) is 106 Å². The Morgan fingerprint density at radius 1 is 1.16 bits per heavy atom. The van der Waals surface area contributed by atoms with E-state index in [-0.39, 0.29) is 23.8 Å². The molecule has 0 bridgehead atoms. The Balaban J connectivity index is 1.37. The molecule has 12 heteroatoms. The van der Waals surface area contributed by atoms with Gasteiger partial charge in [-0.3, -0.25) is 19.6 Å². The Hall–Kier alpha value is -3.51. The fourth-order valence-corrected chi connectivity index (χ4v) is 4.28. The summed E-state index contributed by atoms with van der Waals surface area (Å²) in [6, 6.07) is 14.5. The van der Waals surface area contributed by atoms with E-state index in [1.807, 2.05) is 36.3 Å². The lowest BCUT2D eigenvalue weighted by Gasteiger charge is -2.22. The van der Waals surface area contributed by atoms with E-state index in [0.717, 1.165) is 5.69 Å². The second-order valence-corrected chi connectivity index (χ2v) is 10.2. The predicted octanol–water partition coefficient (Wildman–Crippen LogP) is 3.29. The number of pyridine rings is 1. The third-order valence-electron chi connectivity index (χ3n) is 5.57. The van der Waals surface area contributed by atoms with Gasteiger partial charge in [-0.15, -0.1) is 16.4 Å². The number of amides is 1. The van der Waals surface area contributed by atoms with Gasteiger partial charge >= 0.3 is 0 Å². The first-order chi connectivity index (χ1) is 17.8. The second kappa shape index (κ2) is 12.2. The SMILES string of the molecule is CC(C)N(C)NCCOc1cccn(-c2ccc(-n3cc(CNC(=O)c4ccc(Cl)s4)nn3)cc2)c1=O. The largest absolute Gasteiger partial charge is 0.486 e. The molecule has 194 valence electrons. The van der Waals surface area contributed by atoms with Crippen LogP contribution in [0.4, 0.5) is 0 Å². The van der Waals surface area contributed by atoms with E-state index in [0.29, 0.717) is 39.8 Å². The second-order valence-electron chi connectivity index (χ2n) is 8.47. The van der Waals surface area contributed by atoms with E-state index in [9.17, 15) is 9.59 Å². The highest BCUT2D eigenvalue weighted by molar-refractivity contribution is 7.17. The molecule has 0 aliphatic heterocycles. The number of hydrogen-bond acceptors (Lipinski definition) is 8. The standard InChI is InChI=1S/C25H28ClN7O3S/c1-17(2)31(3)28-12-14-36-21-5-4-13-32(25(21)35)19-6-8-20(9-7-19)33-16-18(29-30-33)15-27-24(34)22-10-11-23(26)37-22/h4-11,13,16-17,28H,12,14-15H2,1-3H3,(H,27,34). The van der Waals surface area contributed by atoms with Crippen molar-refractivity contribution >= 4 is 28.8 Å². The van der Waals surface area contributed by atoms with Crippen LogP contribution >= 0.6 is 22.9 Å². The van der Waals surface area contributed by atoms with Crippen LogP contribution in [0.25, 0.3) is 11.4 Å². The Morgan fingerprint density at radius 2 is 1.92 bits per heavy atom. The highest BCUT2D eigenvalue weighted by Crippen LogP contribution is 2.21. The number of rotatable bonds is 11. The highest BCUT2D eigenvalue weighted by Gasteiger charge is 2.11. The maximum Gasteiger partial charge on any atom is 0.297 e. The van der Waals surface area contributed by atoms with Crippen LogP contribution in [0.3, 0.4) is 0 Å². The van der Waals surface area contributed by atoms with Crippen LogP contribution in [0.15, 0.2) is 65.7 Å². The van der Waals surface area contributed by atoms with Crippen LogP contribution in [0.2, 0.25) is 4.34 Å². The lowest BCUT2D eigenvalue weighted by atomic mass is 10.2. The van der Waals surface area contributed by atoms with Crippen molar-refractivity contribution in [3.05, 3.63) is 86.2 Å². The molecule has 0 fully saturated rings. The Bertz CT molecular complexity index is 1400. The van der Waals surface area contributed by atoms with Crippen molar-refractivity contribution in [3.8, 4) is 17.1 Å². The average molecular weight is 542 g/mol. The fraction of sp³-hybridized carbons (Fsp3) is 0.280. The lowest BCUT2D eigenvalue weighted by Crippen LogP contribution is -2.41. The molecule has 0 unspecified atom stereocenters. The minimum absolute atomic E-state index is 0.216. The molecule has 3 heterocycles. The summed E-state index contributed by atoms with van der Waals surface area (Å²) < 4.78 is 9.41. The number of hydrogen-bond donors (Lipinski definition) is 2. The number of benzene rings is 1. The van der Waals surface area contributed by atoms with Gasteiger partial charge in [-0.05, 0) is 62.4 Å². The highest BCUT2D eigenvalue weighted by atomic mass is 35.5. The summed E-state index contributed by atoms with van der Waals surface area (Å²) in [5, 5.41) is 13.1. The molecule has 2 N–H and O–H groups in total. The molecule has 4 rings (SSSR count). The molecule has 0 aliphatic carbocycles. The molecule has 3 aromatic heterocycles. The summed E-state index contributed by atoms with van der Waals surface area (Å²) in [7, 11) is 1.96. The van der Waals surface area contributed by atoms with Crippen molar-refractivity contribution in [1.29, 1.82) is 0 Å². The molecule has 1 aromatic carbocycles. The molecule has 0 spiro atoms. The molecular weight excluding hydrogens is 514 g/mol. The smallest absolute Gasteiger partial charge is 0.297 e. The van der Waals surface area contributed by atoms with Crippen LogP contribution in [0, 0.1) is 0 Å². The molecule has 37 heavy (non-hydrogen) atoms. The van der Waals surface area contributed by atoms with Gasteiger partial charge in [0.2, 0.25) is 0 Å². The number of hydrazine groups is 1. The van der Waals surface area contributed by atoms with Crippen LogP contribution in [0.5, 0.6) is 5.75 Å². The van der Waals surface area contributed by atoms with E-state index in [1.54, 1.807) is 41.3 Å². The Kier molecular flexibility index (Phi) is 8.72. The molecule has 0 atom stereocenters. The third-order valence-corrected chi connectivity index (χ3v) is 6.80. The van der Waals surface area contributed by atoms with Gasteiger partial charge in [-0.1, -0.05) is 16.8 Å². The van der Waals surface area contributed by atoms with Crippen molar-refractivity contribution in [2.75, 3.05) is 20.2 Å². The van der Waals surface area contributed by atoms with Gasteiger partial charge in [0.25, 0.3) is 11.5 Å². The first kappa shape index (κ1) is 26.6. The normalized spacial score (nSPS) is 11.3.